The fourth-order valence-corrected chi connectivity index (χ4v) is 6.29. The molecular weight excluding hydrogens is 376 g/mol. The maximum Gasteiger partial charge on any atom is 0.260 e. The molecule has 3 rings (SSSR count). The van der Waals surface area contributed by atoms with Crippen LogP contribution in [-0.4, -0.2) is 61.6 Å². The summed E-state index contributed by atoms with van der Waals surface area (Å²) in [6.07, 6.45) is 2.14. The number of aryl methyl sites for hydroxylation is 1. The highest BCUT2D eigenvalue weighted by atomic mass is 32.2. The maximum absolute atomic E-state index is 12.9. The van der Waals surface area contributed by atoms with E-state index >= 15 is 0 Å². The number of hydrogen-bond donors (Lipinski definition) is 0. The molecule has 7 heteroatoms. The lowest BCUT2D eigenvalue weighted by molar-refractivity contribution is -0.133. The van der Waals surface area contributed by atoms with Crippen molar-refractivity contribution in [1.29, 1.82) is 0 Å². The van der Waals surface area contributed by atoms with Crippen LogP contribution in [0.2, 0.25) is 0 Å². The van der Waals surface area contributed by atoms with Crippen molar-refractivity contribution in [2.75, 3.05) is 32.8 Å². The molecule has 0 radical (unpaired) electrons. The Hall–Kier alpha value is -1.60. The van der Waals surface area contributed by atoms with Crippen molar-refractivity contribution in [3.8, 4) is 5.75 Å². The Morgan fingerprint density at radius 3 is 2.54 bits per heavy atom. The van der Waals surface area contributed by atoms with E-state index in [4.69, 9.17) is 4.74 Å². The average molecular weight is 409 g/mol. The third-order valence-electron chi connectivity index (χ3n) is 5.85. The molecule has 1 aromatic rings. The number of carbonyl (C=O) groups excluding carboxylic acids is 1. The number of hydrogen-bond acceptors (Lipinski definition) is 4. The van der Waals surface area contributed by atoms with Gasteiger partial charge in [0.25, 0.3) is 5.91 Å². The lowest BCUT2D eigenvalue weighted by Crippen LogP contribution is -2.37. The Labute approximate surface area is 168 Å². The lowest BCUT2D eigenvalue weighted by atomic mass is 10.0. The fraction of sp³-hybridized carbons (Fsp3) is 0.667. The number of ether oxygens (including phenoxy) is 1. The van der Waals surface area contributed by atoms with Gasteiger partial charge in [0.05, 0.1) is 5.25 Å². The number of nitrogens with zero attached hydrogens (tertiary/aromatic N) is 2. The Kier molecular flexibility index (Phi) is 6.65. The number of likely N-dealkylation sites (tertiary alicyclic amines) is 1. The highest BCUT2D eigenvalue weighted by Crippen LogP contribution is 2.34. The number of sulfonamides is 1. The molecule has 0 N–H and O–H groups in total. The molecule has 2 heterocycles. The minimum Gasteiger partial charge on any atom is -0.484 e. The van der Waals surface area contributed by atoms with Gasteiger partial charge in [-0.2, -0.15) is 0 Å². The van der Waals surface area contributed by atoms with Crippen LogP contribution in [0.3, 0.4) is 0 Å². The van der Waals surface area contributed by atoms with Gasteiger partial charge in [-0.25, -0.2) is 12.7 Å². The predicted octanol–water partition coefficient (Wildman–Crippen LogP) is 2.67. The number of benzene rings is 1. The van der Waals surface area contributed by atoms with Gasteiger partial charge in [-0.15, -0.1) is 0 Å². The second-order valence-electron chi connectivity index (χ2n) is 8.44. The highest BCUT2D eigenvalue weighted by molar-refractivity contribution is 7.90. The number of rotatable bonds is 6. The molecule has 2 fully saturated rings. The molecule has 0 spiro atoms. The van der Waals surface area contributed by atoms with Gasteiger partial charge in [0, 0.05) is 26.2 Å². The molecule has 0 saturated carbocycles. The first kappa shape index (κ1) is 21.1. The van der Waals surface area contributed by atoms with Gasteiger partial charge in [-0.05, 0) is 50.2 Å². The molecule has 1 amide bonds. The predicted molar refractivity (Wildman–Crippen MR) is 110 cm³/mol. The zero-order chi connectivity index (χ0) is 20.3. The second-order valence-corrected chi connectivity index (χ2v) is 10.6. The molecule has 2 aliphatic rings. The van der Waals surface area contributed by atoms with Crippen molar-refractivity contribution in [2.45, 2.75) is 45.3 Å². The van der Waals surface area contributed by atoms with Gasteiger partial charge in [0.2, 0.25) is 10.0 Å². The van der Waals surface area contributed by atoms with Gasteiger partial charge in [0.15, 0.2) is 6.61 Å². The molecule has 2 saturated heterocycles. The zero-order valence-electron chi connectivity index (χ0n) is 17.1. The summed E-state index contributed by atoms with van der Waals surface area (Å²) in [4.78, 5) is 14.3. The molecule has 0 aliphatic carbocycles. The molecule has 1 aromatic carbocycles. The van der Waals surface area contributed by atoms with Crippen LogP contribution in [0.15, 0.2) is 24.3 Å². The monoisotopic (exact) mass is 408 g/mol. The first-order chi connectivity index (χ1) is 13.3. The first-order valence-electron chi connectivity index (χ1n) is 10.2. The summed E-state index contributed by atoms with van der Waals surface area (Å²) in [5.41, 5.74) is 1.14. The van der Waals surface area contributed by atoms with E-state index in [0.29, 0.717) is 44.3 Å². The topological polar surface area (TPSA) is 66.9 Å². The zero-order valence-corrected chi connectivity index (χ0v) is 18.0. The largest absolute Gasteiger partial charge is 0.484 e. The van der Waals surface area contributed by atoms with E-state index in [1.165, 1.54) is 0 Å². The summed E-state index contributed by atoms with van der Waals surface area (Å²) in [5.74, 6) is 1.21. The quantitative estimate of drug-likeness (QED) is 0.726. The third kappa shape index (κ3) is 4.87. The summed E-state index contributed by atoms with van der Waals surface area (Å²) < 4.78 is 33.1. The molecule has 2 aliphatic heterocycles. The Bertz CT molecular complexity index is 776. The van der Waals surface area contributed by atoms with Crippen LogP contribution in [0.4, 0.5) is 0 Å². The van der Waals surface area contributed by atoms with Crippen LogP contribution >= 0.6 is 0 Å². The Balaban J connectivity index is 1.54. The van der Waals surface area contributed by atoms with E-state index in [0.717, 1.165) is 18.4 Å². The molecule has 0 bridgehead atoms. The molecule has 6 nitrogen and oxygen atoms in total. The molecule has 28 heavy (non-hydrogen) atoms. The van der Waals surface area contributed by atoms with Gasteiger partial charge >= 0.3 is 0 Å². The summed E-state index contributed by atoms with van der Waals surface area (Å²) in [6.45, 7) is 8.51. The third-order valence-corrected chi connectivity index (χ3v) is 8.29. The van der Waals surface area contributed by atoms with Crippen LogP contribution in [-0.2, 0) is 14.8 Å². The van der Waals surface area contributed by atoms with Crippen molar-refractivity contribution in [3.05, 3.63) is 29.8 Å². The molecular formula is C21H32N2O4S. The Morgan fingerprint density at radius 2 is 1.86 bits per heavy atom. The second kappa shape index (κ2) is 8.82. The highest BCUT2D eigenvalue weighted by Gasteiger charge is 2.46. The van der Waals surface area contributed by atoms with E-state index in [2.05, 4.69) is 13.8 Å². The van der Waals surface area contributed by atoms with E-state index in [9.17, 15) is 13.2 Å². The minimum absolute atomic E-state index is 0.00828. The smallest absolute Gasteiger partial charge is 0.260 e. The van der Waals surface area contributed by atoms with E-state index in [1.54, 1.807) is 9.21 Å². The standard InChI is InChI=1S/C21H32N2O4S/c1-16(2)8-13-23-14-18-9-11-22(12-10-20(18)28(23,25)26)21(24)15-27-19-6-4-17(3)5-7-19/h4-7,16,18,20H,8-15H2,1-3H3/t18-,20-/m1/s1. The van der Waals surface area contributed by atoms with Crippen LogP contribution in [0, 0.1) is 18.8 Å². The molecule has 0 unspecified atom stereocenters. The number of amides is 1. The lowest BCUT2D eigenvalue weighted by Gasteiger charge is -2.22. The van der Waals surface area contributed by atoms with Crippen molar-refractivity contribution < 1.29 is 17.9 Å². The van der Waals surface area contributed by atoms with Crippen LogP contribution in [0.25, 0.3) is 0 Å². The van der Waals surface area contributed by atoms with Crippen molar-refractivity contribution in [1.82, 2.24) is 9.21 Å². The van der Waals surface area contributed by atoms with Gasteiger partial charge in [-0.3, -0.25) is 4.79 Å². The Morgan fingerprint density at radius 1 is 1.18 bits per heavy atom. The average Bonchev–Trinajstić information content (AvgIpc) is 2.78. The van der Waals surface area contributed by atoms with Crippen LogP contribution in [0.5, 0.6) is 5.75 Å². The molecule has 156 valence electrons. The van der Waals surface area contributed by atoms with Gasteiger partial charge < -0.3 is 9.64 Å². The summed E-state index contributed by atoms with van der Waals surface area (Å²) in [7, 11) is -3.25. The number of fused-ring (bicyclic) bond motifs is 1. The van der Waals surface area contributed by atoms with E-state index in [-0.39, 0.29) is 23.7 Å². The van der Waals surface area contributed by atoms with Crippen molar-refractivity contribution in [3.63, 3.8) is 0 Å². The van der Waals surface area contributed by atoms with Crippen LogP contribution in [0.1, 0.15) is 38.7 Å². The molecule has 0 aromatic heterocycles. The molecule has 2 atom stereocenters. The van der Waals surface area contributed by atoms with Crippen LogP contribution < -0.4 is 4.74 Å². The van der Waals surface area contributed by atoms with Crippen molar-refractivity contribution in [2.24, 2.45) is 11.8 Å². The fourth-order valence-electron chi connectivity index (χ4n) is 4.04. The first-order valence-corrected chi connectivity index (χ1v) is 11.7. The normalized spacial score (nSPS) is 24.8. The SMILES string of the molecule is Cc1ccc(OCC(=O)N2CC[C@@H]3CN(CCC(C)C)S(=O)(=O)[C@@H]3CC2)cc1. The number of carbonyl (C=O) groups is 1. The summed E-state index contributed by atoms with van der Waals surface area (Å²) in [6, 6.07) is 7.60. The minimum atomic E-state index is -3.25. The van der Waals surface area contributed by atoms with Crippen molar-refractivity contribution >= 4 is 15.9 Å². The summed E-state index contributed by atoms with van der Waals surface area (Å²) in [5, 5.41) is -0.351. The van der Waals surface area contributed by atoms with E-state index in [1.807, 2.05) is 31.2 Å². The van der Waals surface area contributed by atoms with Gasteiger partial charge in [-0.1, -0.05) is 31.5 Å². The van der Waals surface area contributed by atoms with Gasteiger partial charge in [0.1, 0.15) is 5.75 Å². The summed E-state index contributed by atoms with van der Waals surface area (Å²) >= 11 is 0. The maximum atomic E-state index is 12.9. The van der Waals surface area contributed by atoms with E-state index < -0.39 is 10.0 Å².